The van der Waals surface area contributed by atoms with Crippen LogP contribution in [0.25, 0.3) is 0 Å². The van der Waals surface area contributed by atoms with E-state index in [-0.39, 0.29) is 17.4 Å². The SMILES string of the molecule is Cc1cc(C)cc(OCc2cc(F)cc(C(N)=S)c2)c1. The Balaban J connectivity index is 2.16. The van der Waals surface area contributed by atoms with E-state index in [1.165, 1.54) is 12.1 Å². The summed E-state index contributed by atoms with van der Waals surface area (Å²) < 4.78 is 19.2. The lowest BCUT2D eigenvalue weighted by molar-refractivity contribution is 0.305. The van der Waals surface area contributed by atoms with Crippen LogP contribution in [0.5, 0.6) is 5.75 Å². The summed E-state index contributed by atoms with van der Waals surface area (Å²) in [5, 5.41) is 0. The zero-order valence-electron chi connectivity index (χ0n) is 11.4. The van der Waals surface area contributed by atoms with Crippen LogP contribution in [-0.4, -0.2) is 4.99 Å². The third kappa shape index (κ3) is 3.78. The average molecular weight is 289 g/mol. The summed E-state index contributed by atoms with van der Waals surface area (Å²) in [4.78, 5) is 0.178. The van der Waals surface area contributed by atoms with Gasteiger partial charge in [0.1, 0.15) is 23.2 Å². The molecule has 20 heavy (non-hydrogen) atoms. The van der Waals surface area contributed by atoms with Gasteiger partial charge in [0.05, 0.1) is 0 Å². The van der Waals surface area contributed by atoms with Crippen LogP contribution in [-0.2, 0) is 6.61 Å². The first kappa shape index (κ1) is 14.5. The number of halogens is 1. The molecule has 0 saturated carbocycles. The molecule has 0 amide bonds. The summed E-state index contributed by atoms with van der Waals surface area (Å²) in [5.41, 5.74) is 8.99. The second-order valence-electron chi connectivity index (χ2n) is 4.82. The second kappa shape index (κ2) is 6.01. The Kier molecular flexibility index (Phi) is 4.35. The Morgan fingerprint density at radius 1 is 1.10 bits per heavy atom. The lowest BCUT2D eigenvalue weighted by Crippen LogP contribution is -2.10. The zero-order chi connectivity index (χ0) is 14.7. The molecule has 2 nitrogen and oxygen atoms in total. The minimum absolute atomic E-state index is 0.178. The maximum Gasteiger partial charge on any atom is 0.124 e. The smallest absolute Gasteiger partial charge is 0.124 e. The van der Waals surface area contributed by atoms with Gasteiger partial charge in [-0.05, 0) is 60.9 Å². The van der Waals surface area contributed by atoms with Gasteiger partial charge in [-0.3, -0.25) is 0 Å². The lowest BCUT2D eigenvalue weighted by atomic mass is 10.1. The first-order chi connectivity index (χ1) is 9.44. The molecule has 0 radical (unpaired) electrons. The van der Waals surface area contributed by atoms with Crippen LogP contribution in [0.15, 0.2) is 36.4 Å². The number of ether oxygens (including phenoxy) is 1. The molecule has 2 rings (SSSR count). The maximum absolute atomic E-state index is 13.5. The predicted molar refractivity (Wildman–Crippen MR) is 82.5 cm³/mol. The molecule has 2 N–H and O–H groups in total. The van der Waals surface area contributed by atoms with Gasteiger partial charge in [0.15, 0.2) is 0 Å². The van der Waals surface area contributed by atoms with Crippen LogP contribution in [0.4, 0.5) is 4.39 Å². The van der Waals surface area contributed by atoms with Crippen molar-refractivity contribution in [2.75, 3.05) is 0 Å². The number of hydrogen-bond acceptors (Lipinski definition) is 2. The Labute approximate surface area is 123 Å². The van der Waals surface area contributed by atoms with E-state index in [1.807, 2.05) is 26.0 Å². The number of hydrogen-bond donors (Lipinski definition) is 1. The molecule has 0 aliphatic rings. The Bertz CT molecular complexity index is 635. The van der Waals surface area contributed by atoms with Crippen LogP contribution in [0, 0.1) is 19.7 Å². The van der Waals surface area contributed by atoms with Crippen molar-refractivity contribution >= 4 is 17.2 Å². The first-order valence-electron chi connectivity index (χ1n) is 6.24. The normalized spacial score (nSPS) is 10.3. The van der Waals surface area contributed by atoms with Crippen LogP contribution >= 0.6 is 12.2 Å². The van der Waals surface area contributed by atoms with Crippen molar-refractivity contribution in [1.29, 1.82) is 0 Å². The van der Waals surface area contributed by atoms with Crippen molar-refractivity contribution in [3.63, 3.8) is 0 Å². The summed E-state index contributed by atoms with van der Waals surface area (Å²) >= 11 is 4.86. The predicted octanol–water partition coefficient (Wildman–Crippen LogP) is 3.66. The van der Waals surface area contributed by atoms with Gasteiger partial charge in [-0.1, -0.05) is 18.3 Å². The van der Waals surface area contributed by atoms with Gasteiger partial charge in [0, 0.05) is 5.56 Å². The van der Waals surface area contributed by atoms with E-state index >= 15 is 0 Å². The minimum atomic E-state index is -0.366. The number of aryl methyl sites for hydroxylation is 2. The standard InChI is InChI=1S/C16H16FNOS/c1-10-3-11(2)5-15(4-10)19-9-12-6-13(16(18)20)8-14(17)7-12/h3-8H,9H2,1-2H3,(H2,18,20). The molecule has 0 aliphatic heterocycles. The Morgan fingerprint density at radius 2 is 1.75 bits per heavy atom. The summed E-state index contributed by atoms with van der Waals surface area (Å²) in [6, 6.07) is 10.4. The summed E-state index contributed by atoms with van der Waals surface area (Å²) in [6.45, 7) is 4.29. The van der Waals surface area contributed by atoms with E-state index in [0.29, 0.717) is 11.1 Å². The molecule has 0 bridgehead atoms. The second-order valence-corrected chi connectivity index (χ2v) is 5.26. The van der Waals surface area contributed by atoms with Gasteiger partial charge in [-0.15, -0.1) is 0 Å². The molecule has 0 heterocycles. The highest BCUT2D eigenvalue weighted by Crippen LogP contribution is 2.18. The highest BCUT2D eigenvalue weighted by atomic mass is 32.1. The van der Waals surface area contributed by atoms with Crippen LogP contribution in [0.1, 0.15) is 22.3 Å². The van der Waals surface area contributed by atoms with Gasteiger partial charge in [-0.2, -0.15) is 0 Å². The molecule has 0 aliphatic carbocycles. The van der Waals surface area contributed by atoms with Crippen LogP contribution in [0.3, 0.4) is 0 Å². The monoisotopic (exact) mass is 289 g/mol. The molecule has 0 saturated heterocycles. The van der Waals surface area contributed by atoms with E-state index in [1.54, 1.807) is 6.07 Å². The van der Waals surface area contributed by atoms with Crippen molar-refractivity contribution in [3.05, 3.63) is 64.5 Å². The van der Waals surface area contributed by atoms with Crippen LogP contribution < -0.4 is 10.5 Å². The summed E-state index contributed by atoms with van der Waals surface area (Å²) in [6.07, 6.45) is 0. The fourth-order valence-electron chi connectivity index (χ4n) is 2.06. The van der Waals surface area contributed by atoms with Gasteiger partial charge in [0.2, 0.25) is 0 Å². The molecule has 0 fully saturated rings. The van der Waals surface area contributed by atoms with E-state index in [9.17, 15) is 4.39 Å². The highest BCUT2D eigenvalue weighted by Gasteiger charge is 2.04. The van der Waals surface area contributed by atoms with E-state index < -0.39 is 0 Å². The topological polar surface area (TPSA) is 35.2 Å². The van der Waals surface area contributed by atoms with Gasteiger partial charge < -0.3 is 10.5 Å². The number of benzene rings is 2. The van der Waals surface area contributed by atoms with Gasteiger partial charge in [-0.25, -0.2) is 4.39 Å². The molecule has 0 unspecified atom stereocenters. The molecule has 0 aromatic heterocycles. The third-order valence-electron chi connectivity index (χ3n) is 2.84. The minimum Gasteiger partial charge on any atom is -0.489 e. The van der Waals surface area contributed by atoms with Crippen molar-refractivity contribution in [2.45, 2.75) is 20.5 Å². The molecule has 0 spiro atoms. The van der Waals surface area contributed by atoms with Crippen LogP contribution in [0.2, 0.25) is 0 Å². The quantitative estimate of drug-likeness (QED) is 0.873. The number of nitrogens with two attached hydrogens (primary N) is 1. The maximum atomic E-state index is 13.5. The summed E-state index contributed by atoms with van der Waals surface area (Å²) in [7, 11) is 0. The summed E-state index contributed by atoms with van der Waals surface area (Å²) in [5.74, 6) is 0.401. The van der Waals surface area contributed by atoms with Crippen molar-refractivity contribution < 1.29 is 9.13 Å². The van der Waals surface area contributed by atoms with Crippen molar-refractivity contribution in [3.8, 4) is 5.75 Å². The fraction of sp³-hybridized carbons (Fsp3) is 0.188. The number of rotatable bonds is 4. The Hall–Kier alpha value is -1.94. The highest BCUT2D eigenvalue weighted by molar-refractivity contribution is 7.80. The average Bonchev–Trinajstić information content (AvgIpc) is 2.34. The van der Waals surface area contributed by atoms with E-state index in [2.05, 4.69) is 6.07 Å². The largest absolute Gasteiger partial charge is 0.489 e. The lowest BCUT2D eigenvalue weighted by Gasteiger charge is -2.09. The molecular formula is C16H16FNOS. The van der Waals surface area contributed by atoms with Gasteiger partial charge >= 0.3 is 0 Å². The third-order valence-corrected chi connectivity index (χ3v) is 3.08. The van der Waals surface area contributed by atoms with Gasteiger partial charge in [0.25, 0.3) is 0 Å². The first-order valence-corrected chi connectivity index (χ1v) is 6.65. The zero-order valence-corrected chi connectivity index (χ0v) is 12.3. The van der Waals surface area contributed by atoms with E-state index in [4.69, 9.17) is 22.7 Å². The molecule has 2 aromatic carbocycles. The molecule has 104 valence electrons. The molecule has 2 aromatic rings. The fourth-order valence-corrected chi connectivity index (χ4v) is 2.18. The molecular weight excluding hydrogens is 273 g/mol. The molecule has 0 atom stereocenters. The molecule has 4 heteroatoms. The van der Waals surface area contributed by atoms with E-state index in [0.717, 1.165) is 16.9 Å². The number of thiocarbonyl (C=S) groups is 1. The Morgan fingerprint density at radius 3 is 2.35 bits per heavy atom. The van der Waals surface area contributed by atoms with Crippen molar-refractivity contribution in [2.24, 2.45) is 5.73 Å². The van der Waals surface area contributed by atoms with Crippen molar-refractivity contribution in [1.82, 2.24) is 0 Å².